The van der Waals surface area contributed by atoms with Gasteiger partial charge in [0.25, 0.3) is 0 Å². The summed E-state index contributed by atoms with van der Waals surface area (Å²) in [5, 5.41) is 0.738. The van der Waals surface area contributed by atoms with Crippen molar-refractivity contribution in [3.8, 4) is 0 Å². The van der Waals surface area contributed by atoms with E-state index in [0.29, 0.717) is 25.0 Å². The van der Waals surface area contributed by atoms with Crippen molar-refractivity contribution in [1.29, 1.82) is 0 Å². The number of amides is 3. The molecule has 0 aliphatic carbocycles. The van der Waals surface area contributed by atoms with E-state index in [-0.39, 0.29) is 18.3 Å². The molecule has 0 saturated carbocycles. The molecule has 0 radical (unpaired) electrons. The Hall–Kier alpha value is -1.37. The number of hydrogen-bond acceptors (Lipinski definition) is 8. The Morgan fingerprint density at radius 2 is 2.00 bits per heavy atom. The van der Waals surface area contributed by atoms with E-state index in [4.69, 9.17) is 14.2 Å². The van der Waals surface area contributed by atoms with E-state index < -0.39 is 39.8 Å². The normalized spacial score (nSPS) is 23.0. The first-order valence-corrected chi connectivity index (χ1v) is 10.9. The summed E-state index contributed by atoms with van der Waals surface area (Å²) in [6.07, 6.45) is 1.32. The lowest BCUT2D eigenvalue weighted by molar-refractivity contribution is -0.122. The van der Waals surface area contributed by atoms with Crippen LogP contribution in [0.4, 0.5) is 4.79 Å². The number of primary amides is 1. The van der Waals surface area contributed by atoms with Crippen molar-refractivity contribution < 1.29 is 31.3 Å². The van der Waals surface area contributed by atoms with Crippen LogP contribution in [0, 0.1) is 5.41 Å². The van der Waals surface area contributed by atoms with Crippen molar-refractivity contribution in [1.82, 2.24) is 9.96 Å². The highest BCUT2D eigenvalue weighted by atomic mass is 32.3. The first-order chi connectivity index (χ1) is 12.4. The van der Waals surface area contributed by atoms with Gasteiger partial charge in [-0.2, -0.15) is 13.5 Å². The van der Waals surface area contributed by atoms with Crippen LogP contribution in [-0.2, 0) is 28.5 Å². The number of piperidine rings is 1. The number of nitrogens with zero attached hydrogens (tertiary/aromatic N) is 2. The first kappa shape index (κ1) is 21.9. The molecule has 2 saturated heterocycles. The summed E-state index contributed by atoms with van der Waals surface area (Å²) in [6, 6.07) is -1.96. The fourth-order valence-electron chi connectivity index (χ4n) is 2.92. The van der Waals surface area contributed by atoms with Crippen LogP contribution in [0.3, 0.4) is 0 Å². The molecule has 2 heterocycles. The molecule has 2 atom stereocenters. The third-order valence-corrected chi connectivity index (χ3v) is 6.07. The molecule has 2 aliphatic rings. The van der Waals surface area contributed by atoms with Gasteiger partial charge in [0.2, 0.25) is 5.91 Å². The SMILES string of the molecule is CC(=O)SCCC(C)(C)COS(=O)(=O)ON1C(=O)N2C[C@H]1CC[C@H]2C(N)=O. The molecule has 12 heteroatoms. The van der Waals surface area contributed by atoms with Gasteiger partial charge in [0.1, 0.15) is 6.04 Å². The minimum absolute atomic E-state index is 0.00870. The maximum absolute atomic E-state index is 12.4. The molecule has 10 nitrogen and oxygen atoms in total. The van der Waals surface area contributed by atoms with E-state index in [1.807, 2.05) is 0 Å². The molecule has 0 aromatic rings. The van der Waals surface area contributed by atoms with Crippen molar-refractivity contribution in [2.75, 3.05) is 18.9 Å². The maximum Gasteiger partial charge on any atom is 0.421 e. The molecular formula is C15H25N3O7S2. The second-order valence-electron chi connectivity index (χ2n) is 7.41. The highest BCUT2D eigenvalue weighted by Crippen LogP contribution is 2.31. The largest absolute Gasteiger partial charge is 0.421 e. The fraction of sp³-hybridized carbons (Fsp3) is 0.800. The zero-order valence-electron chi connectivity index (χ0n) is 15.5. The van der Waals surface area contributed by atoms with E-state index in [1.165, 1.54) is 11.8 Å². The minimum Gasteiger partial charge on any atom is -0.368 e. The lowest BCUT2D eigenvalue weighted by Gasteiger charge is -2.27. The van der Waals surface area contributed by atoms with Crippen LogP contribution in [0.5, 0.6) is 0 Å². The fourth-order valence-corrected chi connectivity index (χ4v) is 4.75. The van der Waals surface area contributed by atoms with Crippen molar-refractivity contribution in [2.45, 2.75) is 52.1 Å². The summed E-state index contributed by atoms with van der Waals surface area (Å²) >= 11 is 1.16. The van der Waals surface area contributed by atoms with Gasteiger partial charge in [0.05, 0.1) is 12.6 Å². The van der Waals surface area contributed by atoms with Crippen LogP contribution in [-0.4, -0.2) is 66.4 Å². The summed E-state index contributed by atoms with van der Waals surface area (Å²) in [6.45, 7) is 5.10. The molecule has 2 N–H and O–H groups in total. The van der Waals surface area contributed by atoms with E-state index >= 15 is 0 Å². The highest BCUT2D eigenvalue weighted by Gasteiger charge is 2.49. The van der Waals surface area contributed by atoms with Gasteiger partial charge in [0.15, 0.2) is 5.12 Å². The van der Waals surface area contributed by atoms with Crippen LogP contribution in [0.25, 0.3) is 0 Å². The average molecular weight is 424 g/mol. The molecule has 0 aromatic carbocycles. The standard InChI is InChI=1S/C15H25N3O7S2/c1-10(19)26-7-6-15(2,3)9-24-27(22,23)25-18-11-4-5-12(13(16)20)17(8-11)14(18)21/h11-12H,4-9H2,1-3H3,(H2,16,20)/t11-,12+/m1/s1. The summed E-state index contributed by atoms with van der Waals surface area (Å²) < 4.78 is 34.1. The van der Waals surface area contributed by atoms with Gasteiger partial charge in [-0.15, -0.1) is 4.28 Å². The van der Waals surface area contributed by atoms with E-state index in [2.05, 4.69) is 0 Å². The van der Waals surface area contributed by atoms with Crippen LogP contribution in [0.2, 0.25) is 0 Å². The number of hydrogen-bond donors (Lipinski definition) is 1. The van der Waals surface area contributed by atoms with E-state index in [0.717, 1.165) is 16.8 Å². The van der Waals surface area contributed by atoms with Crippen molar-refractivity contribution in [2.24, 2.45) is 11.1 Å². The Balaban J connectivity index is 1.92. The third-order valence-electron chi connectivity index (χ3n) is 4.50. The van der Waals surface area contributed by atoms with Gasteiger partial charge in [0, 0.05) is 19.2 Å². The lowest BCUT2D eigenvalue weighted by atomic mass is 9.92. The average Bonchev–Trinajstić information content (AvgIpc) is 2.77. The number of nitrogens with two attached hydrogens (primary N) is 1. The zero-order valence-corrected chi connectivity index (χ0v) is 17.2. The smallest absolute Gasteiger partial charge is 0.368 e. The quantitative estimate of drug-likeness (QED) is 0.570. The van der Waals surface area contributed by atoms with Gasteiger partial charge < -0.3 is 10.6 Å². The number of carbonyl (C=O) groups is 3. The molecule has 0 spiro atoms. The number of urea groups is 1. The summed E-state index contributed by atoms with van der Waals surface area (Å²) in [5.41, 5.74) is 4.77. The molecule has 2 aliphatic heterocycles. The molecular weight excluding hydrogens is 398 g/mol. The predicted molar refractivity (Wildman–Crippen MR) is 97.4 cm³/mol. The lowest BCUT2D eigenvalue weighted by Crippen LogP contribution is -2.47. The van der Waals surface area contributed by atoms with E-state index in [9.17, 15) is 22.8 Å². The molecule has 2 rings (SSSR count). The van der Waals surface area contributed by atoms with Gasteiger partial charge >= 0.3 is 16.4 Å². The number of fused-ring (bicyclic) bond motifs is 2. The Kier molecular flexibility index (Phi) is 6.77. The third kappa shape index (κ3) is 5.80. The molecule has 2 fully saturated rings. The molecule has 0 unspecified atom stereocenters. The topological polar surface area (TPSA) is 136 Å². The Morgan fingerprint density at radius 3 is 2.59 bits per heavy atom. The molecule has 0 aromatic heterocycles. The van der Waals surface area contributed by atoms with E-state index in [1.54, 1.807) is 13.8 Å². The number of carbonyl (C=O) groups excluding carboxylic acids is 3. The van der Waals surface area contributed by atoms with Crippen molar-refractivity contribution in [3.63, 3.8) is 0 Å². The Morgan fingerprint density at radius 1 is 1.33 bits per heavy atom. The number of thioether (sulfide) groups is 1. The summed E-state index contributed by atoms with van der Waals surface area (Å²) in [4.78, 5) is 36.0. The van der Waals surface area contributed by atoms with Gasteiger partial charge in [-0.1, -0.05) is 25.6 Å². The molecule has 2 bridgehead atoms. The van der Waals surface area contributed by atoms with Gasteiger partial charge in [-0.05, 0) is 24.7 Å². The Labute approximate surface area is 163 Å². The van der Waals surface area contributed by atoms with Crippen molar-refractivity contribution >= 4 is 39.2 Å². The maximum atomic E-state index is 12.4. The highest BCUT2D eigenvalue weighted by molar-refractivity contribution is 8.13. The van der Waals surface area contributed by atoms with Crippen LogP contribution >= 0.6 is 11.8 Å². The first-order valence-electron chi connectivity index (χ1n) is 8.53. The van der Waals surface area contributed by atoms with Crippen LogP contribution in [0.1, 0.15) is 40.0 Å². The molecule has 154 valence electrons. The van der Waals surface area contributed by atoms with Crippen molar-refractivity contribution in [3.05, 3.63) is 0 Å². The van der Waals surface area contributed by atoms with Gasteiger partial charge in [-0.3, -0.25) is 9.59 Å². The second-order valence-corrected chi connectivity index (χ2v) is 9.88. The molecule has 3 amide bonds. The minimum atomic E-state index is -4.46. The second kappa shape index (κ2) is 8.33. The van der Waals surface area contributed by atoms with Crippen LogP contribution in [0.15, 0.2) is 0 Å². The summed E-state index contributed by atoms with van der Waals surface area (Å²) in [7, 11) is -4.46. The molecule has 27 heavy (non-hydrogen) atoms. The van der Waals surface area contributed by atoms with Crippen LogP contribution < -0.4 is 5.73 Å². The number of hydroxylamine groups is 2. The summed E-state index contributed by atoms with van der Waals surface area (Å²) in [5.74, 6) is -0.0871. The number of rotatable bonds is 9. The predicted octanol–water partition coefficient (Wildman–Crippen LogP) is 0.629. The zero-order chi connectivity index (χ0) is 20.4. The Bertz CT molecular complexity index is 710. The van der Waals surface area contributed by atoms with Gasteiger partial charge in [-0.25, -0.2) is 8.98 Å². The monoisotopic (exact) mass is 423 g/mol.